The van der Waals surface area contributed by atoms with Gasteiger partial charge < -0.3 is 9.73 Å². The van der Waals surface area contributed by atoms with Crippen molar-refractivity contribution in [3.63, 3.8) is 0 Å². The Morgan fingerprint density at radius 1 is 1.35 bits per heavy atom. The smallest absolute Gasteiger partial charge is 0.287 e. The van der Waals surface area contributed by atoms with Crippen molar-refractivity contribution in [1.82, 2.24) is 15.2 Å². The van der Waals surface area contributed by atoms with E-state index in [1.807, 2.05) is 38.1 Å². The number of amides is 1. The minimum Gasteiger partial charge on any atom is -0.456 e. The van der Waals surface area contributed by atoms with Crippen LogP contribution in [-0.2, 0) is 19.4 Å². The van der Waals surface area contributed by atoms with Crippen LogP contribution >= 0.6 is 0 Å². The molecule has 1 amide bonds. The molecule has 0 bridgehead atoms. The molecule has 0 saturated carbocycles. The van der Waals surface area contributed by atoms with Gasteiger partial charge in [0.1, 0.15) is 5.76 Å². The molecule has 0 spiro atoms. The van der Waals surface area contributed by atoms with Crippen LogP contribution in [0.3, 0.4) is 0 Å². The second-order valence-corrected chi connectivity index (χ2v) is 7.24. The molecular formula is C21H29N3O2. The van der Waals surface area contributed by atoms with Gasteiger partial charge in [-0.25, -0.2) is 0 Å². The molecule has 5 nitrogen and oxygen atoms in total. The van der Waals surface area contributed by atoms with Crippen molar-refractivity contribution in [2.24, 2.45) is 0 Å². The SMILES string of the molecule is CCc1oc(C(=O)N[C@@H](C)Cc2cccc(C)n2)cc1CN1CCCC1. The fourth-order valence-corrected chi connectivity index (χ4v) is 3.57. The van der Waals surface area contributed by atoms with Crippen LogP contribution in [0.15, 0.2) is 28.7 Å². The molecule has 0 unspecified atom stereocenters. The lowest BCUT2D eigenvalue weighted by molar-refractivity contribution is 0.0910. The van der Waals surface area contributed by atoms with Gasteiger partial charge in [0.15, 0.2) is 5.76 Å². The lowest BCUT2D eigenvalue weighted by atomic mass is 10.1. The molecule has 26 heavy (non-hydrogen) atoms. The van der Waals surface area contributed by atoms with Crippen LogP contribution in [0.5, 0.6) is 0 Å². The number of hydrogen-bond donors (Lipinski definition) is 1. The van der Waals surface area contributed by atoms with Gasteiger partial charge in [-0.15, -0.1) is 0 Å². The Labute approximate surface area is 155 Å². The van der Waals surface area contributed by atoms with Crippen molar-refractivity contribution in [2.45, 2.75) is 59.0 Å². The quantitative estimate of drug-likeness (QED) is 0.826. The summed E-state index contributed by atoms with van der Waals surface area (Å²) >= 11 is 0. The molecule has 3 heterocycles. The maximum Gasteiger partial charge on any atom is 0.287 e. The highest BCUT2D eigenvalue weighted by molar-refractivity contribution is 5.92. The number of carbonyl (C=O) groups excluding carboxylic acids is 1. The molecule has 0 aliphatic carbocycles. The second kappa shape index (κ2) is 8.49. The first kappa shape index (κ1) is 18.6. The van der Waals surface area contributed by atoms with Crippen LogP contribution in [0.2, 0.25) is 0 Å². The Hall–Kier alpha value is -2.14. The van der Waals surface area contributed by atoms with E-state index in [-0.39, 0.29) is 11.9 Å². The first-order chi connectivity index (χ1) is 12.5. The third-order valence-corrected chi connectivity index (χ3v) is 4.87. The molecule has 0 aromatic carbocycles. The highest BCUT2D eigenvalue weighted by Gasteiger charge is 2.20. The summed E-state index contributed by atoms with van der Waals surface area (Å²) in [6.45, 7) is 9.19. The Kier molecular flexibility index (Phi) is 6.09. The lowest BCUT2D eigenvalue weighted by Crippen LogP contribution is -2.34. The van der Waals surface area contributed by atoms with Gasteiger partial charge in [0.25, 0.3) is 5.91 Å². The molecule has 1 saturated heterocycles. The van der Waals surface area contributed by atoms with Gasteiger partial charge in [-0.1, -0.05) is 13.0 Å². The molecule has 1 fully saturated rings. The van der Waals surface area contributed by atoms with Crippen molar-refractivity contribution < 1.29 is 9.21 Å². The van der Waals surface area contributed by atoms with E-state index in [1.54, 1.807) is 0 Å². The molecule has 2 aromatic heterocycles. The van der Waals surface area contributed by atoms with Gasteiger partial charge in [-0.05, 0) is 58.0 Å². The normalized spacial score (nSPS) is 16.0. The fraction of sp³-hybridized carbons (Fsp3) is 0.524. The summed E-state index contributed by atoms with van der Waals surface area (Å²) in [5.41, 5.74) is 3.12. The predicted molar refractivity (Wildman–Crippen MR) is 102 cm³/mol. The Morgan fingerprint density at radius 2 is 2.12 bits per heavy atom. The van der Waals surface area contributed by atoms with Gasteiger partial charge in [0, 0.05) is 42.4 Å². The third-order valence-electron chi connectivity index (χ3n) is 4.87. The monoisotopic (exact) mass is 355 g/mol. The Morgan fingerprint density at radius 3 is 2.81 bits per heavy atom. The summed E-state index contributed by atoms with van der Waals surface area (Å²) in [7, 11) is 0. The topological polar surface area (TPSA) is 58.4 Å². The lowest BCUT2D eigenvalue weighted by Gasteiger charge is -2.13. The zero-order valence-electron chi connectivity index (χ0n) is 16.0. The highest BCUT2D eigenvalue weighted by atomic mass is 16.4. The van der Waals surface area contributed by atoms with Crippen molar-refractivity contribution in [3.05, 3.63) is 52.7 Å². The molecular weight excluding hydrogens is 326 g/mol. The van der Waals surface area contributed by atoms with E-state index in [4.69, 9.17) is 4.42 Å². The van der Waals surface area contributed by atoms with Crippen molar-refractivity contribution in [2.75, 3.05) is 13.1 Å². The summed E-state index contributed by atoms with van der Waals surface area (Å²) < 4.78 is 5.85. The van der Waals surface area contributed by atoms with E-state index in [1.165, 1.54) is 12.8 Å². The van der Waals surface area contributed by atoms with Gasteiger partial charge in [0.2, 0.25) is 0 Å². The highest BCUT2D eigenvalue weighted by Crippen LogP contribution is 2.21. The van der Waals surface area contributed by atoms with Crippen LogP contribution in [-0.4, -0.2) is 34.9 Å². The van der Waals surface area contributed by atoms with Gasteiger partial charge >= 0.3 is 0 Å². The number of pyridine rings is 1. The van der Waals surface area contributed by atoms with Crippen molar-refractivity contribution >= 4 is 5.91 Å². The summed E-state index contributed by atoms with van der Waals surface area (Å²) in [5, 5.41) is 3.04. The average Bonchev–Trinajstić information content (AvgIpc) is 3.24. The van der Waals surface area contributed by atoms with E-state index in [2.05, 4.69) is 22.1 Å². The standard InChI is InChI=1S/C21H29N3O2/c1-4-19-17(14-24-10-5-6-11-24)13-20(26-19)21(25)23-16(3)12-18-9-7-8-15(2)22-18/h7-9,13,16H,4-6,10-12,14H2,1-3H3,(H,23,25)/t16-/m0/s1. The van der Waals surface area contributed by atoms with Gasteiger partial charge in [-0.3, -0.25) is 14.7 Å². The largest absolute Gasteiger partial charge is 0.456 e. The molecule has 1 atom stereocenters. The number of aromatic nitrogens is 1. The summed E-state index contributed by atoms with van der Waals surface area (Å²) in [4.78, 5) is 19.5. The number of likely N-dealkylation sites (tertiary alicyclic amines) is 1. The summed E-state index contributed by atoms with van der Waals surface area (Å²) in [6.07, 6.45) is 4.03. The van der Waals surface area contributed by atoms with Gasteiger partial charge in [0.05, 0.1) is 0 Å². The Balaban J connectivity index is 1.62. The van der Waals surface area contributed by atoms with E-state index < -0.39 is 0 Å². The molecule has 2 aromatic rings. The van der Waals surface area contributed by atoms with Gasteiger partial charge in [-0.2, -0.15) is 0 Å². The van der Waals surface area contributed by atoms with E-state index in [0.717, 1.165) is 48.8 Å². The number of nitrogens with zero attached hydrogens (tertiary/aromatic N) is 2. The minimum atomic E-state index is -0.146. The third kappa shape index (κ3) is 4.73. The number of furan rings is 1. The minimum absolute atomic E-state index is 0.00555. The number of carbonyl (C=O) groups is 1. The molecule has 3 rings (SSSR count). The number of nitrogens with one attached hydrogen (secondary N) is 1. The first-order valence-corrected chi connectivity index (χ1v) is 9.62. The number of aryl methyl sites for hydroxylation is 2. The van der Waals surface area contributed by atoms with Crippen molar-refractivity contribution in [3.8, 4) is 0 Å². The molecule has 140 valence electrons. The Bertz CT molecular complexity index is 747. The van der Waals surface area contributed by atoms with E-state index in [0.29, 0.717) is 12.2 Å². The molecule has 1 N–H and O–H groups in total. The zero-order chi connectivity index (χ0) is 18.5. The van der Waals surface area contributed by atoms with Crippen molar-refractivity contribution in [1.29, 1.82) is 0 Å². The molecule has 1 aliphatic heterocycles. The van der Waals surface area contributed by atoms with Crippen LogP contribution in [0, 0.1) is 6.92 Å². The van der Waals surface area contributed by atoms with Crippen LogP contribution < -0.4 is 5.32 Å². The second-order valence-electron chi connectivity index (χ2n) is 7.24. The zero-order valence-corrected chi connectivity index (χ0v) is 16.0. The molecule has 0 radical (unpaired) electrons. The van der Waals surface area contributed by atoms with E-state index in [9.17, 15) is 4.79 Å². The fourth-order valence-electron chi connectivity index (χ4n) is 3.57. The maximum atomic E-state index is 12.6. The summed E-state index contributed by atoms with van der Waals surface area (Å²) in [5.74, 6) is 1.20. The molecule has 5 heteroatoms. The van der Waals surface area contributed by atoms with E-state index >= 15 is 0 Å². The van der Waals surface area contributed by atoms with Crippen LogP contribution in [0.1, 0.15) is 60.0 Å². The van der Waals surface area contributed by atoms with Crippen LogP contribution in [0.4, 0.5) is 0 Å². The first-order valence-electron chi connectivity index (χ1n) is 9.62. The summed E-state index contributed by atoms with van der Waals surface area (Å²) in [6, 6.07) is 7.88. The maximum absolute atomic E-state index is 12.6. The average molecular weight is 355 g/mol. The number of hydrogen-bond acceptors (Lipinski definition) is 4. The predicted octanol–water partition coefficient (Wildman–Crippen LogP) is 3.50. The molecule has 1 aliphatic rings. The van der Waals surface area contributed by atoms with Crippen LogP contribution in [0.25, 0.3) is 0 Å². The number of rotatable bonds is 7.